The van der Waals surface area contributed by atoms with Crippen LogP contribution >= 0.6 is 22.7 Å². The Morgan fingerprint density at radius 1 is 1.27 bits per heavy atom. The Bertz CT molecular complexity index is 1300. The number of carbonyl (C=O) groups is 1. The lowest BCUT2D eigenvalue weighted by molar-refractivity contribution is -0.143. The molecule has 1 atom stereocenters. The first-order chi connectivity index (χ1) is 14.3. The number of thiophene rings is 1. The van der Waals surface area contributed by atoms with Crippen molar-refractivity contribution in [3.63, 3.8) is 0 Å². The molecule has 8 heteroatoms. The van der Waals surface area contributed by atoms with E-state index in [1.54, 1.807) is 43.5 Å². The largest absolute Gasteiger partial charge is 0.459 e. The highest BCUT2D eigenvalue weighted by molar-refractivity contribution is 7.10. The van der Waals surface area contributed by atoms with Crippen LogP contribution in [-0.4, -0.2) is 16.6 Å². The molecule has 0 bridgehead atoms. The predicted octanol–water partition coefficient (Wildman–Crippen LogP) is 3.39. The monoisotopic (exact) mass is 442 g/mol. The first kappa shape index (κ1) is 20.4. The summed E-state index contributed by atoms with van der Waals surface area (Å²) in [6, 6.07) is 9.11. The van der Waals surface area contributed by atoms with E-state index < -0.39 is 12.0 Å². The van der Waals surface area contributed by atoms with Gasteiger partial charge in [0.2, 0.25) is 0 Å². The fourth-order valence-corrected chi connectivity index (χ4v) is 5.16. The Hall–Kier alpha value is -2.84. The van der Waals surface area contributed by atoms with Gasteiger partial charge in [-0.15, -0.1) is 11.3 Å². The smallest absolute Gasteiger partial charge is 0.338 e. The maximum atomic E-state index is 13.3. The standard InChI is InChI=1S/C22H19FN2O3S2/c1-12(2)28-21(27)18-13(3)24-22-25(19(18)16-5-4-10-29-16)20(26)17(30-22)11-14-6-8-15(23)9-7-14/h4-12,19H,1-3H3/b17-11+/t19-/m0/s1. The van der Waals surface area contributed by atoms with E-state index >= 15 is 0 Å². The number of fused-ring (bicyclic) bond motifs is 1. The van der Waals surface area contributed by atoms with E-state index in [2.05, 4.69) is 4.99 Å². The van der Waals surface area contributed by atoms with E-state index in [-0.39, 0.29) is 17.5 Å². The van der Waals surface area contributed by atoms with E-state index in [0.29, 0.717) is 26.2 Å². The fraction of sp³-hybridized carbons (Fsp3) is 0.227. The summed E-state index contributed by atoms with van der Waals surface area (Å²) in [6.07, 6.45) is 1.42. The summed E-state index contributed by atoms with van der Waals surface area (Å²) in [5.74, 6) is -0.812. The molecule has 0 spiro atoms. The molecule has 30 heavy (non-hydrogen) atoms. The first-order valence-electron chi connectivity index (χ1n) is 9.37. The number of esters is 1. The van der Waals surface area contributed by atoms with Gasteiger partial charge in [-0.05, 0) is 56.0 Å². The molecule has 5 nitrogen and oxygen atoms in total. The number of rotatable bonds is 4. The minimum absolute atomic E-state index is 0.246. The molecule has 0 saturated carbocycles. The highest BCUT2D eigenvalue weighted by atomic mass is 32.1. The number of allylic oxidation sites excluding steroid dienone is 1. The summed E-state index contributed by atoms with van der Waals surface area (Å²) in [5, 5.41) is 1.91. The van der Waals surface area contributed by atoms with Gasteiger partial charge in [-0.3, -0.25) is 9.36 Å². The lowest BCUT2D eigenvalue weighted by atomic mass is 10.0. The Morgan fingerprint density at radius 2 is 2.00 bits per heavy atom. The molecule has 1 aliphatic heterocycles. The molecule has 0 fully saturated rings. The Labute approximate surface area is 180 Å². The summed E-state index contributed by atoms with van der Waals surface area (Å²) in [4.78, 5) is 32.1. The van der Waals surface area contributed by atoms with Gasteiger partial charge in [0, 0.05) is 4.88 Å². The molecule has 0 amide bonds. The van der Waals surface area contributed by atoms with E-state index in [0.717, 1.165) is 4.88 Å². The lowest BCUT2D eigenvalue weighted by Gasteiger charge is -2.24. The SMILES string of the molecule is CC1=C(C(=O)OC(C)C)[C@H](c2cccs2)n2c(s/c(=C/c3ccc(F)cc3)c2=O)=N1. The van der Waals surface area contributed by atoms with Crippen molar-refractivity contribution in [3.8, 4) is 0 Å². The third-order valence-corrected chi connectivity index (χ3v) is 6.47. The number of ether oxygens (including phenoxy) is 1. The van der Waals surface area contributed by atoms with E-state index in [9.17, 15) is 14.0 Å². The molecule has 0 aliphatic carbocycles. The normalized spacial score (nSPS) is 16.6. The van der Waals surface area contributed by atoms with Crippen LogP contribution in [0.1, 0.15) is 37.3 Å². The lowest BCUT2D eigenvalue weighted by Crippen LogP contribution is -2.39. The van der Waals surface area contributed by atoms with Crippen molar-refractivity contribution in [1.29, 1.82) is 0 Å². The predicted molar refractivity (Wildman–Crippen MR) is 116 cm³/mol. The van der Waals surface area contributed by atoms with Crippen molar-refractivity contribution in [2.24, 2.45) is 4.99 Å². The van der Waals surface area contributed by atoms with E-state index in [1.807, 2.05) is 17.5 Å². The Kier molecular flexibility index (Phi) is 5.53. The van der Waals surface area contributed by atoms with Crippen molar-refractivity contribution >= 4 is 34.7 Å². The quantitative estimate of drug-likeness (QED) is 0.582. The maximum Gasteiger partial charge on any atom is 0.338 e. The first-order valence-corrected chi connectivity index (χ1v) is 11.1. The van der Waals surface area contributed by atoms with Crippen LogP contribution in [0.25, 0.3) is 6.08 Å². The summed E-state index contributed by atoms with van der Waals surface area (Å²) < 4.78 is 20.7. The topological polar surface area (TPSA) is 60.7 Å². The summed E-state index contributed by atoms with van der Waals surface area (Å²) >= 11 is 2.71. The van der Waals surface area contributed by atoms with Crippen molar-refractivity contribution in [3.05, 3.63) is 89.0 Å². The molecule has 0 N–H and O–H groups in total. The van der Waals surface area contributed by atoms with Crippen LogP contribution in [0.4, 0.5) is 4.39 Å². The number of hydrogen-bond acceptors (Lipinski definition) is 6. The van der Waals surface area contributed by atoms with Gasteiger partial charge in [0.15, 0.2) is 4.80 Å². The van der Waals surface area contributed by atoms with Crippen molar-refractivity contribution in [1.82, 2.24) is 4.57 Å². The van der Waals surface area contributed by atoms with Crippen molar-refractivity contribution in [2.45, 2.75) is 32.9 Å². The second-order valence-electron chi connectivity index (χ2n) is 7.10. The molecule has 1 aromatic carbocycles. The zero-order valence-corrected chi connectivity index (χ0v) is 18.2. The van der Waals surface area contributed by atoms with Gasteiger partial charge in [0.25, 0.3) is 5.56 Å². The zero-order chi connectivity index (χ0) is 21.4. The van der Waals surface area contributed by atoms with Crippen LogP contribution in [0, 0.1) is 5.82 Å². The van der Waals surface area contributed by atoms with E-state index in [4.69, 9.17) is 4.74 Å². The number of hydrogen-bond donors (Lipinski definition) is 0. The number of thiazole rings is 1. The average Bonchev–Trinajstić information content (AvgIpc) is 3.31. The maximum absolute atomic E-state index is 13.3. The number of benzene rings is 1. The molecule has 154 valence electrons. The van der Waals surface area contributed by atoms with Gasteiger partial charge >= 0.3 is 5.97 Å². The highest BCUT2D eigenvalue weighted by Gasteiger charge is 2.34. The molecule has 4 rings (SSSR count). The molecule has 1 aliphatic rings. The van der Waals surface area contributed by atoms with Gasteiger partial charge in [0.05, 0.1) is 21.9 Å². The molecular formula is C22H19FN2O3S2. The van der Waals surface area contributed by atoms with Crippen molar-refractivity contribution in [2.75, 3.05) is 0 Å². The van der Waals surface area contributed by atoms with Crippen LogP contribution in [0.5, 0.6) is 0 Å². The Balaban J connectivity index is 1.91. The second kappa shape index (κ2) is 8.12. The summed E-state index contributed by atoms with van der Waals surface area (Å²) in [5.41, 5.74) is 1.37. The molecule has 0 radical (unpaired) electrons. The third kappa shape index (κ3) is 3.80. The van der Waals surface area contributed by atoms with Gasteiger partial charge < -0.3 is 4.74 Å². The molecule has 3 aromatic rings. The third-order valence-electron chi connectivity index (χ3n) is 4.56. The van der Waals surface area contributed by atoms with Crippen LogP contribution in [0.15, 0.2) is 62.8 Å². The van der Waals surface area contributed by atoms with Gasteiger partial charge in [-0.2, -0.15) is 0 Å². The highest BCUT2D eigenvalue weighted by Crippen LogP contribution is 2.33. The molecule has 2 aromatic heterocycles. The second-order valence-corrected chi connectivity index (χ2v) is 9.09. The van der Waals surface area contributed by atoms with Gasteiger partial charge in [-0.25, -0.2) is 14.2 Å². The molecule has 3 heterocycles. The summed E-state index contributed by atoms with van der Waals surface area (Å²) in [7, 11) is 0. The van der Waals surface area contributed by atoms with Gasteiger partial charge in [0.1, 0.15) is 11.9 Å². The molecule has 0 saturated heterocycles. The van der Waals surface area contributed by atoms with Crippen LogP contribution in [0.3, 0.4) is 0 Å². The average molecular weight is 443 g/mol. The van der Waals surface area contributed by atoms with Gasteiger partial charge in [-0.1, -0.05) is 29.5 Å². The zero-order valence-electron chi connectivity index (χ0n) is 16.6. The van der Waals surface area contributed by atoms with Crippen LogP contribution < -0.4 is 14.9 Å². The number of nitrogens with zero attached hydrogens (tertiary/aromatic N) is 2. The molecular weight excluding hydrogens is 423 g/mol. The summed E-state index contributed by atoms with van der Waals surface area (Å²) in [6.45, 7) is 5.33. The van der Waals surface area contributed by atoms with Crippen LogP contribution in [-0.2, 0) is 9.53 Å². The van der Waals surface area contributed by atoms with Crippen LogP contribution in [0.2, 0.25) is 0 Å². The number of halogens is 1. The minimum Gasteiger partial charge on any atom is -0.459 e. The molecule has 0 unspecified atom stereocenters. The number of carbonyl (C=O) groups excluding carboxylic acids is 1. The Morgan fingerprint density at radius 3 is 2.63 bits per heavy atom. The minimum atomic E-state index is -0.595. The number of aromatic nitrogens is 1. The van der Waals surface area contributed by atoms with E-state index in [1.165, 1.54) is 34.8 Å². The van der Waals surface area contributed by atoms with Crippen molar-refractivity contribution < 1.29 is 13.9 Å². The fourth-order valence-electron chi connectivity index (χ4n) is 3.29.